The van der Waals surface area contributed by atoms with Crippen LogP contribution in [0.1, 0.15) is 59.3 Å². The molecule has 168 valence electrons. The molecular formula is C23H34ClNO5. The molecule has 3 aliphatic rings. The molecule has 0 radical (unpaired) electrons. The van der Waals surface area contributed by atoms with Crippen molar-refractivity contribution in [3.8, 4) is 0 Å². The van der Waals surface area contributed by atoms with Gasteiger partial charge >= 0.3 is 0 Å². The van der Waals surface area contributed by atoms with Crippen LogP contribution in [-0.4, -0.2) is 52.4 Å². The maximum Gasteiger partial charge on any atom is 0.244 e. The molecule has 2 aliphatic heterocycles. The maximum atomic E-state index is 12.4. The van der Waals surface area contributed by atoms with Crippen molar-refractivity contribution < 1.29 is 24.5 Å². The van der Waals surface area contributed by atoms with Crippen molar-refractivity contribution in [3.63, 3.8) is 0 Å². The first-order chi connectivity index (χ1) is 14.3. The Morgan fingerprint density at radius 2 is 2.13 bits per heavy atom. The van der Waals surface area contributed by atoms with Gasteiger partial charge in [-0.1, -0.05) is 68.9 Å². The Morgan fingerprint density at radius 1 is 1.37 bits per heavy atom. The van der Waals surface area contributed by atoms with Crippen LogP contribution in [-0.2, 0) is 14.3 Å². The smallest absolute Gasteiger partial charge is 0.244 e. The fourth-order valence-electron chi connectivity index (χ4n) is 4.43. The number of allylic oxidation sites excluding steroid dienone is 3. The van der Waals surface area contributed by atoms with Crippen molar-refractivity contribution in [2.75, 3.05) is 0 Å². The van der Waals surface area contributed by atoms with Crippen LogP contribution >= 0.6 is 11.6 Å². The number of carbonyl (C=O) groups is 1. The van der Waals surface area contributed by atoms with Crippen molar-refractivity contribution in [1.82, 2.24) is 5.32 Å². The highest BCUT2D eigenvalue weighted by Crippen LogP contribution is 2.50. The Hall–Kier alpha value is -1.18. The molecule has 1 spiro atoms. The number of rotatable bonds is 9. The molecule has 7 heteroatoms. The summed E-state index contributed by atoms with van der Waals surface area (Å²) < 4.78 is 11.2. The summed E-state index contributed by atoms with van der Waals surface area (Å²) in [6.07, 6.45) is 10.8. The van der Waals surface area contributed by atoms with Crippen LogP contribution in [0.4, 0.5) is 0 Å². The quantitative estimate of drug-likeness (QED) is 0.222. The van der Waals surface area contributed by atoms with E-state index in [0.717, 1.165) is 12.0 Å². The second-order valence-corrected chi connectivity index (χ2v) is 9.29. The number of ether oxygens (including phenoxy) is 2. The average Bonchev–Trinajstić information content (AvgIpc) is 3.44. The Morgan fingerprint density at radius 3 is 2.87 bits per heavy atom. The SMILES string of the molecule is CCCCCC[C@@H](C)/C=C(C)/C=C/C(=O)NC1C[C@]2(C=C(Cl)[C@H](O)[C@@H]3O[C@@H]32)OC1O. The molecule has 3 rings (SSSR count). The van der Waals surface area contributed by atoms with Gasteiger partial charge in [-0.3, -0.25) is 4.79 Å². The van der Waals surface area contributed by atoms with Crippen molar-refractivity contribution in [3.05, 3.63) is 34.9 Å². The Labute approximate surface area is 184 Å². The van der Waals surface area contributed by atoms with Gasteiger partial charge in [-0.15, -0.1) is 0 Å². The summed E-state index contributed by atoms with van der Waals surface area (Å²) >= 11 is 6.10. The number of aliphatic hydroxyl groups is 2. The van der Waals surface area contributed by atoms with Crippen LogP contribution in [0.3, 0.4) is 0 Å². The lowest BCUT2D eigenvalue weighted by atomic mass is 9.86. The standard InChI is InChI=1S/C23H34ClNO5/c1-4-5-6-7-8-14(2)11-15(3)9-10-18(26)25-17-13-23(30-22(17)28)12-16(24)19(27)20-21(23)29-20/h9-12,14,17,19-22,27-28H,4-8,13H2,1-3H3,(H,25,26)/b10-9+,15-11+/t14-,17?,19+,20+,21+,22?,23+/m1/s1. The monoisotopic (exact) mass is 439 g/mol. The van der Waals surface area contributed by atoms with Gasteiger partial charge in [0.25, 0.3) is 0 Å². The van der Waals surface area contributed by atoms with Crippen LogP contribution in [0.5, 0.6) is 0 Å². The van der Waals surface area contributed by atoms with E-state index < -0.39 is 30.1 Å². The molecule has 0 bridgehead atoms. The van der Waals surface area contributed by atoms with Crippen molar-refractivity contribution in [2.45, 2.75) is 95.5 Å². The fourth-order valence-corrected chi connectivity index (χ4v) is 4.74. The highest BCUT2D eigenvalue weighted by atomic mass is 35.5. The molecule has 1 aliphatic carbocycles. The predicted octanol–water partition coefficient (Wildman–Crippen LogP) is 3.32. The van der Waals surface area contributed by atoms with Gasteiger partial charge < -0.3 is 25.0 Å². The van der Waals surface area contributed by atoms with Gasteiger partial charge in [-0.25, -0.2) is 0 Å². The van der Waals surface area contributed by atoms with E-state index in [4.69, 9.17) is 21.1 Å². The van der Waals surface area contributed by atoms with Crippen LogP contribution in [0.25, 0.3) is 0 Å². The van der Waals surface area contributed by atoms with Crippen LogP contribution in [0.2, 0.25) is 0 Å². The van der Waals surface area contributed by atoms with Crippen LogP contribution < -0.4 is 5.32 Å². The van der Waals surface area contributed by atoms with Gasteiger partial charge in [0.1, 0.15) is 23.9 Å². The van der Waals surface area contributed by atoms with Crippen LogP contribution in [0, 0.1) is 5.92 Å². The second-order valence-electron chi connectivity index (χ2n) is 8.85. The fraction of sp³-hybridized carbons (Fsp3) is 0.696. The summed E-state index contributed by atoms with van der Waals surface area (Å²) in [5, 5.41) is 23.3. The van der Waals surface area contributed by atoms with E-state index in [9.17, 15) is 15.0 Å². The lowest BCUT2D eigenvalue weighted by Gasteiger charge is -2.27. The van der Waals surface area contributed by atoms with E-state index in [1.807, 2.05) is 6.92 Å². The Kier molecular flexibility index (Phi) is 7.80. The van der Waals surface area contributed by atoms with Gasteiger partial charge in [0.05, 0.1) is 6.04 Å². The number of amides is 1. The van der Waals surface area contributed by atoms with E-state index in [2.05, 4.69) is 25.2 Å². The van der Waals surface area contributed by atoms with Gasteiger partial charge in [0, 0.05) is 17.5 Å². The molecular weight excluding hydrogens is 406 g/mol. The molecule has 2 heterocycles. The van der Waals surface area contributed by atoms with E-state index in [1.165, 1.54) is 31.8 Å². The number of fused-ring (bicyclic) bond motifs is 2. The number of hydrogen-bond donors (Lipinski definition) is 3. The van der Waals surface area contributed by atoms with E-state index in [0.29, 0.717) is 12.3 Å². The zero-order chi connectivity index (χ0) is 21.9. The van der Waals surface area contributed by atoms with Gasteiger partial charge in [-0.2, -0.15) is 0 Å². The Balaban J connectivity index is 1.50. The first kappa shape index (κ1) is 23.5. The summed E-state index contributed by atoms with van der Waals surface area (Å²) in [7, 11) is 0. The average molecular weight is 440 g/mol. The number of unbranched alkanes of at least 4 members (excludes halogenated alkanes) is 3. The lowest BCUT2D eigenvalue weighted by molar-refractivity contribution is -0.137. The maximum absolute atomic E-state index is 12.4. The molecule has 30 heavy (non-hydrogen) atoms. The molecule has 7 atom stereocenters. The molecule has 1 amide bonds. The van der Waals surface area contributed by atoms with Crippen molar-refractivity contribution >= 4 is 17.5 Å². The third-order valence-electron chi connectivity index (χ3n) is 6.09. The molecule has 2 unspecified atom stereocenters. The van der Waals surface area contributed by atoms with Gasteiger partial charge in [-0.05, 0) is 25.3 Å². The molecule has 0 aromatic rings. The number of epoxide rings is 1. The topological polar surface area (TPSA) is 91.3 Å². The number of nitrogens with one attached hydrogen (secondary N) is 1. The minimum atomic E-state index is -1.16. The third kappa shape index (κ3) is 5.54. The Bertz CT molecular complexity index is 720. The number of hydrogen-bond acceptors (Lipinski definition) is 5. The molecule has 6 nitrogen and oxygen atoms in total. The van der Waals surface area contributed by atoms with Crippen LogP contribution in [0.15, 0.2) is 34.9 Å². The normalized spacial score (nSPS) is 36.7. The molecule has 2 fully saturated rings. The molecule has 0 aromatic carbocycles. The highest BCUT2D eigenvalue weighted by Gasteiger charge is 2.65. The summed E-state index contributed by atoms with van der Waals surface area (Å²) in [6, 6.07) is -0.579. The first-order valence-corrected chi connectivity index (χ1v) is 11.4. The predicted molar refractivity (Wildman–Crippen MR) is 116 cm³/mol. The molecule has 2 saturated heterocycles. The van der Waals surface area contributed by atoms with Crippen molar-refractivity contribution in [2.24, 2.45) is 5.92 Å². The number of carbonyl (C=O) groups excluding carboxylic acids is 1. The van der Waals surface area contributed by atoms with E-state index in [1.54, 1.807) is 12.2 Å². The largest absolute Gasteiger partial charge is 0.385 e. The zero-order valence-electron chi connectivity index (χ0n) is 18.0. The number of halogens is 1. The lowest BCUT2D eigenvalue weighted by Crippen LogP contribution is -2.42. The highest BCUT2D eigenvalue weighted by molar-refractivity contribution is 6.30. The molecule has 0 aromatic heterocycles. The summed E-state index contributed by atoms with van der Waals surface area (Å²) in [4.78, 5) is 12.4. The summed E-state index contributed by atoms with van der Waals surface area (Å²) in [5.41, 5.74) is 0.128. The zero-order valence-corrected chi connectivity index (χ0v) is 18.8. The molecule has 3 N–H and O–H groups in total. The third-order valence-corrected chi connectivity index (χ3v) is 6.42. The summed E-state index contributed by atoms with van der Waals surface area (Å²) in [6.45, 7) is 6.39. The summed E-state index contributed by atoms with van der Waals surface area (Å²) in [5.74, 6) is 0.186. The van der Waals surface area contributed by atoms with E-state index >= 15 is 0 Å². The van der Waals surface area contributed by atoms with E-state index in [-0.39, 0.29) is 17.0 Å². The van der Waals surface area contributed by atoms with Gasteiger partial charge in [0.2, 0.25) is 5.91 Å². The minimum absolute atomic E-state index is 0.248. The van der Waals surface area contributed by atoms with Gasteiger partial charge in [0.15, 0.2) is 6.29 Å². The second kappa shape index (κ2) is 9.96. The minimum Gasteiger partial charge on any atom is -0.385 e. The first-order valence-electron chi connectivity index (χ1n) is 11.0. The van der Waals surface area contributed by atoms with Crippen molar-refractivity contribution in [1.29, 1.82) is 0 Å². The molecule has 0 saturated carbocycles. The number of aliphatic hydroxyl groups excluding tert-OH is 2.